The van der Waals surface area contributed by atoms with Gasteiger partial charge >= 0.3 is 0 Å². The zero-order valence-electron chi connectivity index (χ0n) is 10.0. The highest BCUT2D eigenvalue weighted by Crippen LogP contribution is 2.45. The predicted molar refractivity (Wildman–Crippen MR) is 67.7 cm³/mol. The lowest BCUT2D eigenvalue weighted by atomic mass is 10.1. The molecule has 0 amide bonds. The van der Waals surface area contributed by atoms with Crippen LogP contribution in [0.1, 0.15) is 25.7 Å². The summed E-state index contributed by atoms with van der Waals surface area (Å²) in [6.45, 7) is 0. The summed E-state index contributed by atoms with van der Waals surface area (Å²) in [5.41, 5.74) is 0. The van der Waals surface area contributed by atoms with Crippen LogP contribution in [0.4, 0.5) is 0 Å². The second-order valence-corrected chi connectivity index (χ2v) is 7.03. The van der Waals surface area contributed by atoms with Crippen LogP contribution in [0, 0.1) is 11.8 Å². The first-order valence-corrected chi connectivity index (χ1v) is 7.86. The molecule has 1 aromatic rings. The van der Waals surface area contributed by atoms with Crippen molar-refractivity contribution in [3.05, 3.63) is 24.3 Å². The molecule has 0 radical (unpaired) electrons. The fourth-order valence-corrected chi connectivity index (χ4v) is 3.80. The van der Waals surface area contributed by atoms with Crippen LogP contribution in [0.3, 0.4) is 0 Å². The zero-order valence-corrected chi connectivity index (χ0v) is 10.9. The number of aromatic hydroxyl groups is 1. The Kier molecular flexibility index (Phi) is 2.83. The number of phenols is 1. The number of phenolic OH excluding ortho intramolecular Hbond substituents is 1. The monoisotopic (exact) mass is 267 g/mol. The second-order valence-electron chi connectivity index (χ2n) is 5.32. The second kappa shape index (κ2) is 4.24. The molecule has 2 fully saturated rings. The summed E-state index contributed by atoms with van der Waals surface area (Å²) in [6, 6.07) is 5.92. The molecule has 0 spiro atoms. The van der Waals surface area contributed by atoms with Crippen LogP contribution >= 0.6 is 0 Å². The summed E-state index contributed by atoms with van der Waals surface area (Å²) in [4.78, 5) is 0.147. The fraction of sp³-hybridized carbons (Fsp3) is 0.538. The quantitative estimate of drug-likeness (QED) is 0.855. The molecule has 1 aromatic carbocycles. The van der Waals surface area contributed by atoms with Crippen molar-refractivity contribution in [2.24, 2.45) is 11.8 Å². The Morgan fingerprint density at radius 1 is 1.17 bits per heavy atom. The van der Waals surface area contributed by atoms with Gasteiger partial charge in [0, 0.05) is 6.04 Å². The van der Waals surface area contributed by atoms with E-state index >= 15 is 0 Å². The van der Waals surface area contributed by atoms with E-state index in [4.69, 9.17) is 0 Å². The summed E-state index contributed by atoms with van der Waals surface area (Å²) in [5.74, 6) is 1.02. The van der Waals surface area contributed by atoms with E-state index in [1.54, 1.807) is 6.07 Å². The van der Waals surface area contributed by atoms with Crippen LogP contribution in [0.25, 0.3) is 0 Å². The molecule has 98 valence electrons. The van der Waals surface area contributed by atoms with E-state index in [-0.39, 0.29) is 16.7 Å². The molecule has 18 heavy (non-hydrogen) atoms. The van der Waals surface area contributed by atoms with Gasteiger partial charge in [-0.2, -0.15) is 0 Å². The molecule has 0 atom stereocenters. The summed E-state index contributed by atoms with van der Waals surface area (Å²) < 4.78 is 27.3. The number of nitrogens with one attached hydrogen (secondary N) is 1. The van der Waals surface area contributed by atoms with Crippen LogP contribution in [0.15, 0.2) is 29.2 Å². The molecule has 5 heteroatoms. The first kappa shape index (κ1) is 12.0. The van der Waals surface area contributed by atoms with E-state index < -0.39 is 10.0 Å². The molecule has 0 saturated heterocycles. The van der Waals surface area contributed by atoms with Gasteiger partial charge < -0.3 is 5.11 Å². The predicted octanol–water partition coefficient (Wildman–Crippen LogP) is 1.86. The van der Waals surface area contributed by atoms with Crippen molar-refractivity contribution in [1.82, 2.24) is 4.72 Å². The molecule has 0 bridgehead atoms. The molecule has 4 nitrogen and oxygen atoms in total. The van der Waals surface area contributed by atoms with Crippen molar-refractivity contribution in [3.8, 4) is 5.75 Å². The first-order valence-electron chi connectivity index (χ1n) is 6.37. The summed E-state index contributed by atoms with van der Waals surface area (Å²) in [7, 11) is -3.50. The first-order chi connectivity index (χ1) is 8.56. The van der Waals surface area contributed by atoms with Crippen molar-refractivity contribution in [2.45, 2.75) is 36.6 Å². The minimum atomic E-state index is -3.50. The van der Waals surface area contributed by atoms with Crippen LogP contribution in [-0.4, -0.2) is 19.6 Å². The van der Waals surface area contributed by atoms with Gasteiger partial charge in [-0.1, -0.05) is 6.07 Å². The van der Waals surface area contributed by atoms with Gasteiger partial charge in [0.15, 0.2) is 0 Å². The van der Waals surface area contributed by atoms with Crippen LogP contribution in [-0.2, 0) is 10.0 Å². The van der Waals surface area contributed by atoms with Crippen LogP contribution in [0.2, 0.25) is 0 Å². The molecule has 2 saturated carbocycles. The SMILES string of the molecule is O=S(=O)(NC(C1CC1)C1CC1)c1cccc(O)c1. The molecule has 0 unspecified atom stereocenters. The molecule has 3 rings (SSSR count). The van der Waals surface area contributed by atoms with Crippen molar-refractivity contribution < 1.29 is 13.5 Å². The van der Waals surface area contributed by atoms with Gasteiger partial charge in [0.2, 0.25) is 10.0 Å². The maximum atomic E-state index is 12.2. The van der Waals surface area contributed by atoms with Crippen LogP contribution < -0.4 is 4.72 Å². The van der Waals surface area contributed by atoms with E-state index in [9.17, 15) is 13.5 Å². The van der Waals surface area contributed by atoms with E-state index in [1.165, 1.54) is 18.2 Å². The summed E-state index contributed by atoms with van der Waals surface area (Å²) >= 11 is 0. The van der Waals surface area contributed by atoms with Crippen molar-refractivity contribution in [3.63, 3.8) is 0 Å². The van der Waals surface area contributed by atoms with Gasteiger partial charge in [-0.05, 0) is 55.7 Å². The van der Waals surface area contributed by atoms with E-state index in [1.807, 2.05) is 0 Å². The standard InChI is InChI=1S/C13H17NO3S/c15-11-2-1-3-12(8-11)18(16,17)14-13(9-4-5-9)10-6-7-10/h1-3,8-10,13-15H,4-7H2. The third kappa shape index (κ3) is 2.52. The van der Waals surface area contributed by atoms with Gasteiger partial charge in [0.05, 0.1) is 4.90 Å². The smallest absolute Gasteiger partial charge is 0.240 e. The Morgan fingerprint density at radius 3 is 2.28 bits per heavy atom. The number of rotatable bonds is 5. The van der Waals surface area contributed by atoms with E-state index in [0.29, 0.717) is 11.8 Å². The largest absolute Gasteiger partial charge is 0.508 e. The Morgan fingerprint density at radius 2 is 1.78 bits per heavy atom. The topological polar surface area (TPSA) is 66.4 Å². The minimum Gasteiger partial charge on any atom is -0.508 e. The molecule has 2 aliphatic rings. The highest BCUT2D eigenvalue weighted by atomic mass is 32.2. The van der Waals surface area contributed by atoms with Crippen LogP contribution in [0.5, 0.6) is 5.75 Å². The normalized spacial score (nSPS) is 20.3. The lowest BCUT2D eigenvalue weighted by molar-refractivity contribution is 0.466. The van der Waals surface area contributed by atoms with Gasteiger partial charge in [-0.25, -0.2) is 13.1 Å². The zero-order chi connectivity index (χ0) is 12.8. The average Bonchev–Trinajstić information content (AvgIpc) is 3.17. The number of benzene rings is 1. The van der Waals surface area contributed by atoms with Gasteiger partial charge in [-0.15, -0.1) is 0 Å². The number of hydrogen-bond donors (Lipinski definition) is 2. The molecule has 2 aliphatic carbocycles. The molecule has 0 aliphatic heterocycles. The fourth-order valence-electron chi connectivity index (χ4n) is 2.39. The van der Waals surface area contributed by atoms with Gasteiger partial charge in [0.1, 0.15) is 5.75 Å². The Bertz CT molecular complexity index is 535. The van der Waals surface area contributed by atoms with Crippen molar-refractivity contribution in [1.29, 1.82) is 0 Å². The average molecular weight is 267 g/mol. The van der Waals surface area contributed by atoms with Crippen molar-refractivity contribution >= 4 is 10.0 Å². The highest BCUT2D eigenvalue weighted by molar-refractivity contribution is 7.89. The molecular weight excluding hydrogens is 250 g/mol. The Balaban J connectivity index is 1.81. The third-order valence-corrected chi connectivity index (χ3v) is 5.14. The molecule has 0 aromatic heterocycles. The number of hydrogen-bond acceptors (Lipinski definition) is 3. The van der Waals surface area contributed by atoms with E-state index in [0.717, 1.165) is 25.7 Å². The number of sulfonamides is 1. The van der Waals surface area contributed by atoms with Crippen molar-refractivity contribution in [2.75, 3.05) is 0 Å². The molecule has 2 N–H and O–H groups in total. The molecular formula is C13H17NO3S. The summed E-state index contributed by atoms with van der Waals surface area (Å²) in [5, 5.41) is 9.36. The maximum absolute atomic E-state index is 12.2. The van der Waals surface area contributed by atoms with Gasteiger partial charge in [-0.3, -0.25) is 0 Å². The van der Waals surface area contributed by atoms with E-state index in [2.05, 4.69) is 4.72 Å². The highest BCUT2D eigenvalue weighted by Gasteiger charge is 2.43. The summed E-state index contributed by atoms with van der Waals surface area (Å²) in [6.07, 6.45) is 4.51. The maximum Gasteiger partial charge on any atom is 0.240 e. The lowest BCUT2D eigenvalue weighted by Crippen LogP contribution is -2.38. The Hall–Kier alpha value is -1.07. The Labute approximate surface area is 107 Å². The minimum absolute atomic E-state index is 0.0210. The lowest BCUT2D eigenvalue weighted by Gasteiger charge is -2.17. The van der Waals surface area contributed by atoms with Gasteiger partial charge in [0.25, 0.3) is 0 Å². The molecule has 0 heterocycles. The third-order valence-electron chi connectivity index (χ3n) is 3.68.